The molecule has 2 heterocycles. The molecule has 4 N–H and O–H groups in total. The summed E-state index contributed by atoms with van der Waals surface area (Å²) in [5.74, 6) is -1.62. The number of carbonyl (C=O) groups is 3. The molecule has 2 amide bonds. The molecule has 0 spiro atoms. The standard InChI is InChI=1S/C30H43N5O4/c1-7-21-10-11-22-17-31-24(16-23(22)15-21)12-13-30(5,6)18-32-26(19(2)3)27(36)33-20(4)28(37)35-14-8-9-25(34-35)29(38)39/h10-13,15-17,19-20,25-26,32,34H,7-9,14,18H2,1-6H3,(H,33,36)(H,38,39)/b13-12+/t20-,25-,26?/m0/s1. The molecule has 39 heavy (non-hydrogen) atoms. The van der Waals surface area contributed by atoms with Crippen LogP contribution in [0.15, 0.2) is 36.5 Å². The van der Waals surface area contributed by atoms with Crippen LogP contribution in [0.2, 0.25) is 0 Å². The molecule has 0 aliphatic carbocycles. The predicted molar refractivity (Wildman–Crippen MR) is 154 cm³/mol. The van der Waals surface area contributed by atoms with Gasteiger partial charge in [-0.05, 0) is 60.6 Å². The summed E-state index contributed by atoms with van der Waals surface area (Å²) in [4.78, 5) is 41.9. The van der Waals surface area contributed by atoms with Crippen LogP contribution in [0.1, 0.15) is 65.6 Å². The molecule has 0 radical (unpaired) electrons. The van der Waals surface area contributed by atoms with Gasteiger partial charge >= 0.3 is 5.97 Å². The molecule has 1 aliphatic rings. The average molecular weight is 538 g/mol. The molecule has 212 valence electrons. The van der Waals surface area contributed by atoms with Gasteiger partial charge in [0.2, 0.25) is 5.91 Å². The first-order valence-corrected chi connectivity index (χ1v) is 13.8. The molecular formula is C30H43N5O4. The number of nitrogens with zero attached hydrogens (tertiary/aromatic N) is 2. The lowest BCUT2D eigenvalue weighted by Gasteiger charge is -2.34. The number of aliphatic carboxylic acids is 1. The van der Waals surface area contributed by atoms with Gasteiger partial charge in [0.25, 0.3) is 5.91 Å². The topological polar surface area (TPSA) is 124 Å². The van der Waals surface area contributed by atoms with Crippen LogP contribution < -0.4 is 16.1 Å². The Kier molecular flexibility index (Phi) is 10.2. The van der Waals surface area contributed by atoms with Gasteiger partial charge in [0.05, 0.1) is 11.7 Å². The number of aromatic nitrogens is 1. The van der Waals surface area contributed by atoms with Crippen molar-refractivity contribution in [2.24, 2.45) is 11.3 Å². The molecule has 3 atom stereocenters. The molecule has 0 saturated carbocycles. The number of amides is 2. The number of hydrazine groups is 1. The minimum absolute atomic E-state index is 0.00787. The molecular weight excluding hydrogens is 494 g/mol. The van der Waals surface area contributed by atoms with Crippen molar-refractivity contribution in [3.63, 3.8) is 0 Å². The van der Waals surface area contributed by atoms with E-state index in [0.717, 1.165) is 17.5 Å². The SMILES string of the molecule is CCc1ccc2cnc(/C=C/C(C)(C)CNC(C(=O)N[C@@H](C)C(=O)N3CCC[C@@H](C(=O)O)N3)C(C)C)cc2c1. The van der Waals surface area contributed by atoms with E-state index < -0.39 is 24.1 Å². The van der Waals surface area contributed by atoms with Crippen LogP contribution in [0.25, 0.3) is 16.8 Å². The molecule has 0 bridgehead atoms. The number of carboxylic acids is 1. The van der Waals surface area contributed by atoms with Crippen molar-refractivity contribution >= 4 is 34.6 Å². The zero-order valence-corrected chi connectivity index (χ0v) is 24.0. The van der Waals surface area contributed by atoms with Gasteiger partial charge in [0.15, 0.2) is 0 Å². The van der Waals surface area contributed by atoms with Crippen LogP contribution in [0.3, 0.4) is 0 Å². The molecule has 2 aromatic rings. The van der Waals surface area contributed by atoms with E-state index in [1.165, 1.54) is 16.0 Å². The van der Waals surface area contributed by atoms with E-state index in [1.54, 1.807) is 6.92 Å². The van der Waals surface area contributed by atoms with E-state index in [2.05, 4.69) is 72.2 Å². The number of fused-ring (bicyclic) bond motifs is 1. The minimum atomic E-state index is -0.994. The second-order valence-corrected chi connectivity index (χ2v) is 11.5. The summed E-state index contributed by atoms with van der Waals surface area (Å²) in [5.41, 5.74) is 4.66. The Labute approximate surface area is 231 Å². The molecule has 1 saturated heterocycles. The summed E-state index contributed by atoms with van der Waals surface area (Å²) in [7, 11) is 0. The number of carboxylic acid groups (broad SMARTS) is 1. The number of hydrogen-bond acceptors (Lipinski definition) is 6. The third kappa shape index (κ3) is 8.34. The highest BCUT2D eigenvalue weighted by molar-refractivity contribution is 5.90. The summed E-state index contributed by atoms with van der Waals surface area (Å²) < 4.78 is 0. The number of pyridine rings is 1. The van der Waals surface area contributed by atoms with E-state index in [1.807, 2.05) is 26.1 Å². The maximum absolute atomic E-state index is 13.1. The van der Waals surface area contributed by atoms with Crippen molar-refractivity contribution in [1.82, 2.24) is 26.1 Å². The second kappa shape index (κ2) is 13.2. The van der Waals surface area contributed by atoms with Crippen molar-refractivity contribution in [3.8, 4) is 0 Å². The zero-order valence-electron chi connectivity index (χ0n) is 24.0. The third-order valence-electron chi connectivity index (χ3n) is 7.13. The Morgan fingerprint density at radius 2 is 1.95 bits per heavy atom. The Bertz CT molecular complexity index is 1210. The van der Waals surface area contributed by atoms with Crippen molar-refractivity contribution in [1.29, 1.82) is 0 Å². The summed E-state index contributed by atoms with van der Waals surface area (Å²) in [6.45, 7) is 12.8. The number of carbonyl (C=O) groups excluding carboxylic acids is 2. The molecule has 9 heteroatoms. The van der Waals surface area contributed by atoms with Gasteiger partial charge in [-0.3, -0.25) is 24.4 Å². The fraction of sp³-hybridized carbons (Fsp3) is 0.533. The van der Waals surface area contributed by atoms with Gasteiger partial charge in [-0.2, -0.15) is 0 Å². The fourth-order valence-electron chi connectivity index (χ4n) is 4.61. The highest BCUT2D eigenvalue weighted by Gasteiger charge is 2.32. The molecule has 3 rings (SSSR count). The predicted octanol–water partition coefficient (Wildman–Crippen LogP) is 3.54. The smallest absolute Gasteiger partial charge is 0.322 e. The lowest BCUT2D eigenvalue weighted by molar-refractivity contribution is -0.148. The molecule has 1 aromatic carbocycles. The fourth-order valence-corrected chi connectivity index (χ4v) is 4.61. The van der Waals surface area contributed by atoms with Crippen LogP contribution in [0, 0.1) is 11.3 Å². The maximum atomic E-state index is 13.1. The minimum Gasteiger partial charge on any atom is -0.480 e. The monoisotopic (exact) mass is 537 g/mol. The number of nitrogens with one attached hydrogen (secondary N) is 3. The number of benzene rings is 1. The third-order valence-corrected chi connectivity index (χ3v) is 7.13. The molecule has 1 aromatic heterocycles. The lowest BCUT2D eigenvalue weighted by Crippen LogP contribution is -2.60. The van der Waals surface area contributed by atoms with Gasteiger partial charge < -0.3 is 15.7 Å². The number of aryl methyl sites for hydroxylation is 1. The van der Waals surface area contributed by atoms with E-state index in [0.29, 0.717) is 25.9 Å². The molecule has 1 unspecified atom stereocenters. The average Bonchev–Trinajstić information content (AvgIpc) is 2.90. The second-order valence-electron chi connectivity index (χ2n) is 11.5. The number of rotatable bonds is 11. The lowest BCUT2D eigenvalue weighted by atomic mass is 9.91. The Balaban J connectivity index is 1.59. The summed E-state index contributed by atoms with van der Waals surface area (Å²) in [5, 5.41) is 19.0. The van der Waals surface area contributed by atoms with Crippen molar-refractivity contribution in [2.75, 3.05) is 13.1 Å². The largest absolute Gasteiger partial charge is 0.480 e. The quantitative estimate of drug-likeness (QED) is 0.346. The van der Waals surface area contributed by atoms with E-state index in [9.17, 15) is 19.5 Å². The van der Waals surface area contributed by atoms with Crippen molar-refractivity contribution in [3.05, 3.63) is 47.8 Å². The van der Waals surface area contributed by atoms with Gasteiger partial charge in [0.1, 0.15) is 12.1 Å². The van der Waals surface area contributed by atoms with Gasteiger partial charge in [-0.15, -0.1) is 0 Å². The maximum Gasteiger partial charge on any atom is 0.322 e. The van der Waals surface area contributed by atoms with Crippen LogP contribution in [-0.2, 0) is 20.8 Å². The van der Waals surface area contributed by atoms with E-state index >= 15 is 0 Å². The number of hydrogen-bond donors (Lipinski definition) is 4. The van der Waals surface area contributed by atoms with Crippen molar-refractivity contribution in [2.45, 2.75) is 78.9 Å². The van der Waals surface area contributed by atoms with Crippen LogP contribution in [0.4, 0.5) is 0 Å². The highest BCUT2D eigenvalue weighted by atomic mass is 16.4. The van der Waals surface area contributed by atoms with Crippen molar-refractivity contribution < 1.29 is 19.5 Å². The first kappa shape index (κ1) is 30.2. The highest BCUT2D eigenvalue weighted by Crippen LogP contribution is 2.21. The van der Waals surface area contributed by atoms with E-state index in [4.69, 9.17) is 0 Å². The normalized spacial score (nSPS) is 17.9. The van der Waals surface area contributed by atoms with Crippen LogP contribution in [-0.4, -0.2) is 64.1 Å². The van der Waals surface area contributed by atoms with Gasteiger partial charge in [-0.1, -0.05) is 58.9 Å². The van der Waals surface area contributed by atoms with E-state index in [-0.39, 0.29) is 23.1 Å². The van der Waals surface area contributed by atoms with Gasteiger partial charge in [0, 0.05) is 24.7 Å². The van der Waals surface area contributed by atoms with Crippen LogP contribution >= 0.6 is 0 Å². The first-order valence-electron chi connectivity index (χ1n) is 13.8. The Morgan fingerprint density at radius 1 is 1.21 bits per heavy atom. The van der Waals surface area contributed by atoms with Gasteiger partial charge in [-0.25, -0.2) is 5.43 Å². The Hall–Kier alpha value is -3.30. The molecule has 9 nitrogen and oxygen atoms in total. The summed E-state index contributed by atoms with van der Waals surface area (Å²) in [6.07, 6.45) is 8.04. The summed E-state index contributed by atoms with van der Waals surface area (Å²) >= 11 is 0. The zero-order chi connectivity index (χ0) is 28.7. The Morgan fingerprint density at radius 3 is 2.62 bits per heavy atom. The summed E-state index contributed by atoms with van der Waals surface area (Å²) in [6, 6.07) is 6.43. The van der Waals surface area contributed by atoms with Crippen LogP contribution in [0.5, 0.6) is 0 Å². The first-order chi connectivity index (χ1) is 18.4. The molecule has 1 aliphatic heterocycles. The molecule has 1 fully saturated rings.